The van der Waals surface area contributed by atoms with Crippen LogP contribution in [0.2, 0.25) is 0 Å². The maximum absolute atomic E-state index is 9.95. The fourth-order valence-corrected chi connectivity index (χ4v) is 10.9. The standard InChI is InChI=1S/C71H67N4O.Pt/c1-46(2)37-48-39-59(50-27-25-49(26-28-50)51-18-15-17-47(3)38-51)68(60(40-48)52-29-32-61-62(41-52)71(9,10)35-34-70(61,7)8)74-45-73(64-23-13-14-24-65(64)74)54-19-16-20-55(43-54)76-56-30-31-58-57-21-11-12-22-63(57)75(66(58)44-56)67-42-53(33-36-72-67)69(4,5)6;/h11-33,36,38-42,45-46H,34-35,37H2,1-10H3;/q-3;/i3D3,11D,12D,21D,22D,25D,26D,27D,28D,37D2;. The number of aromatic nitrogens is 2. The van der Waals surface area contributed by atoms with Gasteiger partial charge >= 0.3 is 0 Å². The molecule has 6 heteroatoms. The van der Waals surface area contributed by atoms with Crippen LogP contribution in [-0.4, -0.2) is 9.55 Å². The Labute approximate surface area is 489 Å². The van der Waals surface area contributed by atoms with Crippen molar-refractivity contribution in [3.05, 3.63) is 222 Å². The molecule has 2 aromatic heterocycles. The van der Waals surface area contributed by atoms with Crippen LogP contribution >= 0.6 is 0 Å². The summed E-state index contributed by atoms with van der Waals surface area (Å²) in [7, 11) is 0. The Bertz CT molecular complexity index is 4540. The Morgan fingerprint density at radius 2 is 1.39 bits per heavy atom. The normalized spacial score (nSPS) is 17.5. The number of hydrogen-bond donors (Lipinski definition) is 0. The molecule has 5 nitrogen and oxygen atoms in total. The first-order valence-corrected chi connectivity index (χ1v) is 26.0. The molecule has 1 aliphatic heterocycles. The number of nitrogens with zero attached hydrogens (tertiary/aromatic N) is 4. The van der Waals surface area contributed by atoms with Crippen molar-refractivity contribution >= 4 is 44.6 Å². The van der Waals surface area contributed by atoms with Crippen molar-refractivity contribution in [2.75, 3.05) is 9.80 Å². The second-order valence-corrected chi connectivity index (χ2v) is 22.7. The predicted octanol–water partition coefficient (Wildman–Crippen LogP) is 19.1. The molecule has 0 radical (unpaired) electrons. The Hall–Kier alpha value is -7.20. The minimum atomic E-state index is -2.50. The molecule has 0 N–H and O–H groups in total. The van der Waals surface area contributed by atoms with E-state index >= 15 is 0 Å². The fourth-order valence-electron chi connectivity index (χ4n) is 10.9. The van der Waals surface area contributed by atoms with E-state index in [9.17, 15) is 8.22 Å². The largest absolute Gasteiger partial charge is 0.509 e. The number of pyridine rings is 1. The maximum atomic E-state index is 9.95. The van der Waals surface area contributed by atoms with E-state index in [0.717, 1.165) is 29.5 Å². The number of rotatable bonds is 10. The summed E-state index contributed by atoms with van der Waals surface area (Å²) < 4.78 is 127. The Morgan fingerprint density at radius 1 is 0.688 bits per heavy atom. The number of anilines is 4. The number of fused-ring (bicyclic) bond motifs is 5. The van der Waals surface area contributed by atoms with Crippen molar-refractivity contribution in [3.8, 4) is 50.7 Å². The molecule has 10 aromatic rings. The number of benzene rings is 8. The van der Waals surface area contributed by atoms with Gasteiger partial charge in [0.15, 0.2) is 0 Å². The van der Waals surface area contributed by atoms with Crippen LogP contribution in [-0.2, 0) is 43.7 Å². The van der Waals surface area contributed by atoms with Gasteiger partial charge in [-0.2, -0.15) is 12.1 Å². The quantitative estimate of drug-likeness (QED) is 0.128. The van der Waals surface area contributed by atoms with Crippen LogP contribution in [0.3, 0.4) is 0 Å². The van der Waals surface area contributed by atoms with Gasteiger partial charge in [0, 0.05) is 79.3 Å². The molecular weight excluding hydrogens is 1120 g/mol. The zero-order valence-corrected chi connectivity index (χ0v) is 47.0. The van der Waals surface area contributed by atoms with Crippen LogP contribution in [0.15, 0.2) is 176 Å². The second kappa shape index (κ2) is 20.0. The van der Waals surface area contributed by atoms with E-state index < -0.39 is 31.2 Å². The van der Waals surface area contributed by atoms with Crippen LogP contribution in [0.5, 0.6) is 11.5 Å². The molecule has 390 valence electrons. The zero-order chi connectivity index (χ0) is 63.9. The minimum Gasteiger partial charge on any atom is -0.509 e. The van der Waals surface area contributed by atoms with Gasteiger partial charge in [0.05, 0.1) is 11.0 Å². The molecule has 0 fully saturated rings. The summed E-state index contributed by atoms with van der Waals surface area (Å²) in [6.07, 6.45) is 1.64. The SMILES string of the molecule is [2H]c1c([2H])c(-c2cc(C([2H])([2H])C(C)C)cc(-c3ccc4c(c3)C(C)(C)CCC4(C)C)c2N2[CH-]N(c3[c-]c(Oc4[c-]c5c(cc4)c4c([2H])c([2H])c([2H])c([2H])c4n5-c4cc(C(C)(C)C)ccn4)ccc3)c3ccccc32)c([2H])c([2H])c1-c1cccc(C([2H])([2H])[2H])c1.[Pt]. The molecule has 0 saturated carbocycles. The number of hydrogen-bond acceptors (Lipinski definition) is 4. The summed E-state index contributed by atoms with van der Waals surface area (Å²) >= 11 is 0. The van der Waals surface area contributed by atoms with E-state index in [1.54, 1.807) is 54.9 Å². The van der Waals surface area contributed by atoms with Crippen LogP contribution in [0, 0.1) is 31.6 Å². The van der Waals surface area contributed by atoms with Gasteiger partial charge in [-0.05, 0) is 141 Å². The molecule has 0 amide bonds. The van der Waals surface area contributed by atoms with Crippen molar-refractivity contribution in [3.63, 3.8) is 0 Å². The summed E-state index contributed by atoms with van der Waals surface area (Å²) in [6, 6.07) is 40.6. The third-order valence-electron chi connectivity index (χ3n) is 15.0. The topological polar surface area (TPSA) is 33.5 Å². The Balaban J connectivity index is 0.00000833. The van der Waals surface area contributed by atoms with E-state index in [1.807, 2.05) is 71.1 Å². The molecule has 3 heterocycles. The summed E-state index contributed by atoms with van der Waals surface area (Å²) in [5.74, 6) is 0.483. The van der Waals surface area contributed by atoms with Gasteiger partial charge < -0.3 is 19.1 Å². The molecule has 2 aliphatic rings. The first kappa shape index (κ1) is 38.4. The van der Waals surface area contributed by atoms with Gasteiger partial charge in [-0.3, -0.25) is 0 Å². The summed E-state index contributed by atoms with van der Waals surface area (Å²) in [4.78, 5) is 8.63. The summed E-state index contributed by atoms with van der Waals surface area (Å²) in [5, 5.41) is 0.856. The summed E-state index contributed by atoms with van der Waals surface area (Å²) in [5.41, 5.74) is 7.71. The van der Waals surface area contributed by atoms with Crippen molar-refractivity contribution in [2.45, 2.75) is 105 Å². The molecule has 1 aliphatic carbocycles. The average Bonchev–Trinajstić information content (AvgIpc) is 1.42. The molecule has 77 heavy (non-hydrogen) atoms. The number of para-hydroxylation sites is 3. The van der Waals surface area contributed by atoms with Crippen LogP contribution in [0.25, 0.3) is 61.0 Å². The van der Waals surface area contributed by atoms with Crippen molar-refractivity contribution in [1.82, 2.24) is 9.55 Å². The predicted molar refractivity (Wildman–Crippen MR) is 318 cm³/mol. The number of ether oxygens (including phenoxy) is 1. The van der Waals surface area contributed by atoms with E-state index in [0.29, 0.717) is 56.2 Å². The minimum absolute atomic E-state index is 0. The average molecular weight is 1200 g/mol. The van der Waals surface area contributed by atoms with Gasteiger partial charge in [0.2, 0.25) is 0 Å². The van der Waals surface area contributed by atoms with Gasteiger partial charge in [0.25, 0.3) is 0 Å². The molecule has 0 bridgehead atoms. The molecule has 12 rings (SSSR count). The molecule has 0 spiro atoms. The first-order chi connectivity index (χ1) is 41.8. The smallest absolute Gasteiger partial charge is 0.135 e. The van der Waals surface area contributed by atoms with Crippen molar-refractivity contribution < 1.29 is 43.6 Å². The van der Waals surface area contributed by atoms with Gasteiger partial charge in [0.1, 0.15) is 5.82 Å². The molecule has 0 atom stereocenters. The summed E-state index contributed by atoms with van der Waals surface area (Å²) in [6.45, 7) is 18.2. The molecular formula is C71H67N4OPt-3. The van der Waals surface area contributed by atoms with Gasteiger partial charge in [-0.15, -0.1) is 48.1 Å². The van der Waals surface area contributed by atoms with Crippen LogP contribution < -0.4 is 14.5 Å². The third-order valence-corrected chi connectivity index (χ3v) is 15.0. The molecule has 0 unspecified atom stereocenters. The van der Waals surface area contributed by atoms with E-state index in [2.05, 4.69) is 78.8 Å². The van der Waals surface area contributed by atoms with Crippen molar-refractivity contribution in [1.29, 1.82) is 0 Å². The Kier molecular flexibility index (Phi) is 9.96. The maximum Gasteiger partial charge on any atom is 0.135 e. The first-order valence-electron chi connectivity index (χ1n) is 32.5. The Morgan fingerprint density at radius 3 is 2.14 bits per heavy atom. The van der Waals surface area contributed by atoms with Crippen LogP contribution in [0.4, 0.5) is 22.7 Å². The monoisotopic (exact) mass is 1200 g/mol. The van der Waals surface area contributed by atoms with Crippen LogP contribution in [0.1, 0.15) is 121 Å². The molecule has 8 aromatic carbocycles. The zero-order valence-electron chi connectivity index (χ0n) is 57.7. The van der Waals surface area contributed by atoms with E-state index in [1.165, 1.54) is 23.8 Å². The van der Waals surface area contributed by atoms with Crippen molar-refractivity contribution in [2.24, 2.45) is 5.92 Å². The van der Waals surface area contributed by atoms with E-state index in [4.69, 9.17) is 19.3 Å². The van der Waals surface area contributed by atoms with Gasteiger partial charge in [-0.25, -0.2) is 4.98 Å². The van der Waals surface area contributed by atoms with Gasteiger partial charge in [-0.1, -0.05) is 170 Å². The van der Waals surface area contributed by atoms with E-state index in [-0.39, 0.29) is 118 Å². The third kappa shape index (κ3) is 9.71. The molecule has 0 saturated heterocycles. The fraction of sp³-hybridized carbons (Fsp3) is 0.239. The second-order valence-electron chi connectivity index (χ2n) is 22.7. The number of aryl methyl sites for hydroxylation is 1.